The number of nitrogens with one attached hydrogen (secondary N) is 2. The van der Waals surface area contributed by atoms with Crippen molar-refractivity contribution in [1.82, 2.24) is 20.4 Å². The van der Waals surface area contributed by atoms with E-state index in [9.17, 15) is 24.0 Å². The van der Waals surface area contributed by atoms with Crippen LogP contribution in [-0.2, 0) is 39.5 Å². The first-order valence-corrected chi connectivity index (χ1v) is 18.9. The van der Waals surface area contributed by atoms with Crippen LogP contribution in [0.5, 0.6) is 5.75 Å². The van der Waals surface area contributed by atoms with Gasteiger partial charge in [-0.1, -0.05) is 85.3 Å². The van der Waals surface area contributed by atoms with E-state index in [0.29, 0.717) is 49.0 Å². The third-order valence-corrected chi connectivity index (χ3v) is 11.2. The summed E-state index contributed by atoms with van der Waals surface area (Å²) in [4.78, 5) is 70.8. The normalized spacial score (nSPS) is 16.3. The number of carbonyl (C=O) groups is 5. The molecule has 2 aliphatic heterocycles. The number of fused-ring (bicyclic) bond motifs is 2. The van der Waals surface area contributed by atoms with Crippen LogP contribution in [0.15, 0.2) is 103 Å². The van der Waals surface area contributed by atoms with Gasteiger partial charge in [0.25, 0.3) is 11.8 Å². The summed E-state index contributed by atoms with van der Waals surface area (Å²) in [6.45, 7) is 0.485. The van der Waals surface area contributed by atoms with Gasteiger partial charge in [-0.25, -0.2) is 0 Å². The minimum absolute atomic E-state index is 0.236. The molecule has 274 valence electrons. The Labute approximate surface area is 314 Å². The molecule has 0 saturated heterocycles. The van der Waals surface area contributed by atoms with Gasteiger partial charge in [0.05, 0.1) is 23.5 Å². The molecule has 2 aliphatic rings. The van der Waals surface area contributed by atoms with E-state index in [1.165, 1.54) is 16.7 Å². The van der Waals surface area contributed by atoms with E-state index in [2.05, 4.69) is 10.6 Å². The maximum atomic E-state index is 14.5. The lowest BCUT2D eigenvalue weighted by molar-refractivity contribution is -0.143. The number of carbonyl (C=O) groups excluding carboxylic acids is 5. The predicted molar refractivity (Wildman–Crippen MR) is 204 cm³/mol. The number of likely N-dealkylation sites (N-methyl/N-ethyl adjacent to an activating group) is 1. The average Bonchev–Trinajstić information content (AvgIpc) is 3.34. The number of imide groups is 1. The highest BCUT2D eigenvalue weighted by Gasteiger charge is 2.38. The standard InChI is InChI=1S/C42H44N4O6S/c1-43-38(47)36(24-28-12-4-3-5-13-28)46-26-31-15-7-6-14-30(31)25-35(42(46)51)44-39(48)37(53-27-29-19-21-32(52-2)22-20-29)18-10-11-23-45-40(49)33-16-8-9-17-34(33)41(45)50/h3-9,12-17,19-22,35-37H,10-11,18,23-27H2,1-2H3,(H,43,47)(H,44,48). The first kappa shape index (κ1) is 37.3. The number of rotatable bonds is 15. The van der Waals surface area contributed by atoms with Gasteiger partial charge in [-0.15, -0.1) is 11.8 Å². The van der Waals surface area contributed by atoms with Gasteiger partial charge in [-0.05, 0) is 59.4 Å². The van der Waals surface area contributed by atoms with E-state index < -0.39 is 17.3 Å². The van der Waals surface area contributed by atoms with Crippen molar-refractivity contribution in [3.05, 3.63) is 137 Å². The van der Waals surface area contributed by atoms with Crippen molar-refractivity contribution in [2.75, 3.05) is 20.7 Å². The molecular formula is C42H44N4O6S. The van der Waals surface area contributed by atoms with Gasteiger partial charge in [-0.3, -0.25) is 28.9 Å². The molecular weight excluding hydrogens is 689 g/mol. The molecule has 0 saturated carbocycles. The molecule has 6 rings (SSSR count). The third-order valence-electron chi connectivity index (χ3n) is 9.86. The molecule has 4 aromatic rings. The quantitative estimate of drug-likeness (QED) is 0.127. The highest BCUT2D eigenvalue weighted by Crippen LogP contribution is 2.28. The molecule has 2 N–H and O–H groups in total. The van der Waals surface area contributed by atoms with Crippen LogP contribution in [0.1, 0.15) is 62.2 Å². The summed E-state index contributed by atoms with van der Waals surface area (Å²) in [5, 5.41) is 5.31. The van der Waals surface area contributed by atoms with Gasteiger partial charge in [0.15, 0.2) is 0 Å². The summed E-state index contributed by atoms with van der Waals surface area (Å²) in [7, 11) is 3.17. The van der Waals surface area contributed by atoms with Crippen molar-refractivity contribution in [3.8, 4) is 5.75 Å². The lowest BCUT2D eigenvalue weighted by Gasteiger charge is -2.32. The second-order valence-corrected chi connectivity index (χ2v) is 14.5. The zero-order chi connectivity index (χ0) is 37.3. The van der Waals surface area contributed by atoms with Gasteiger partial charge >= 0.3 is 0 Å². The Morgan fingerprint density at radius 3 is 2.09 bits per heavy atom. The van der Waals surface area contributed by atoms with E-state index in [-0.39, 0.29) is 42.6 Å². The number of nitrogens with zero attached hydrogens (tertiary/aromatic N) is 2. The molecule has 3 atom stereocenters. The fraction of sp³-hybridized carbons (Fsp3) is 0.310. The fourth-order valence-electron chi connectivity index (χ4n) is 6.92. The van der Waals surface area contributed by atoms with Crippen LogP contribution in [-0.4, -0.2) is 77.4 Å². The molecule has 3 unspecified atom stereocenters. The van der Waals surface area contributed by atoms with Crippen LogP contribution in [0.2, 0.25) is 0 Å². The summed E-state index contributed by atoms with van der Waals surface area (Å²) < 4.78 is 5.30. The van der Waals surface area contributed by atoms with Gasteiger partial charge in [0.1, 0.15) is 17.8 Å². The van der Waals surface area contributed by atoms with Gasteiger partial charge < -0.3 is 20.3 Å². The Morgan fingerprint density at radius 2 is 1.43 bits per heavy atom. The number of hydrogen-bond donors (Lipinski definition) is 2. The minimum atomic E-state index is -0.892. The van der Waals surface area contributed by atoms with Crippen LogP contribution in [0.3, 0.4) is 0 Å². The Balaban J connectivity index is 1.19. The van der Waals surface area contributed by atoms with Crippen molar-refractivity contribution in [2.45, 2.75) is 61.7 Å². The number of amides is 5. The van der Waals surface area contributed by atoms with E-state index in [0.717, 1.165) is 28.0 Å². The Bertz CT molecular complexity index is 1920. The van der Waals surface area contributed by atoms with Crippen LogP contribution in [0.25, 0.3) is 0 Å². The molecule has 10 nitrogen and oxygen atoms in total. The van der Waals surface area contributed by atoms with Crippen molar-refractivity contribution < 1.29 is 28.7 Å². The lowest BCUT2D eigenvalue weighted by atomic mass is 10.0. The minimum Gasteiger partial charge on any atom is -0.497 e. The zero-order valence-electron chi connectivity index (χ0n) is 30.0. The summed E-state index contributed by atoms with van der Waals surface area (Å²) in [5.41, 5.74) is 4.63. The molecule has 5 amide bonds. The molecule has 4 aromatic carbocycles. The Hall–Kier alpha value is -5.42. The average molecular weight is 733 g/mol. The smallest absolute Gasteiger partial charge is 0.261 e. The first-order chi connectivity index (χ1) is 25.8. The van der Waals surface area contributed by atoms with Crippen molar-refractivity contribution >= 4 is 41.3 Å². The number of methoxy groups -OCH3 is 1. The third kappa shape index (κ3) is 8.80. The van der Waals surface area contributed by atoms with Gasteiger partial charge in [0, 0.05) is 38.7 Å². The van der Waals surface area contributed by atoms with Gasteiger partial charge in [-0.2, -0.15) is 0 Å². The molecule has 2 heterocycles. The second-order valence-electron chi connectivity index (χ2n) is 13.3. The van der Waals surface area contributed by atoms with E-state index in [1.54, 1.807) is 43.3 Å². The number of thioether (sulfide) groups is 1. The molecule has 0 aliphatic carbocycles. The number of ether oxygens (including phenoxy) is 1. The molecule has 0 spiro atoms. The Morgan fingerprint density at radius 1 is 0.792 bits per heavy atom. The molecule has 11 heteroatoms. The fourth-order valence-corrected chi connectivity index (χ4v) is 8.06. The number of benzene rings is 4. The molecule has 0 fully saturated rings. The second kappa shape index (κ2) is 17.4. The molecule has 53 heavy (non-hydrogen) atoms. The number of hydrogen-bond acceptors (Lipinski definition) is 7. The monoisotopic (exact) mass is 732 g/mol. The molecule has 0 bridgehead atoms. The molecule has 0 radical (unpaired) electrons. The SMILES string of the molecule is CNC(=O)C(Cc1ccccc1)N1Cc2ccccc2CC(NC(=O)C(CCCCN2C(=O)c3ccccc3C2=O)SCc2ccc(OC)cc2)C1=O. The maximum absolute atomic E-state index is 14.5. The maximum Gasteiger partial charge on any atom is 0.261 e. The Kier molecular flexibility index (Phi) is 12.3. The topological polar surface area (TPSA) is 125 Å². The highest BCUT2D eigenvalue weighted by atomic mass is 32.2. The van der Waals surface area contributed by atoms with Crippen LogP contribution < -0.4 is 15.4 Å². The number of unbranched alkanes of at least 4 members (excludes halogenated alkanes) is 1. The van der Waals surface area contributed by atoms with E-state index in [1.807, 2.05) is 78.9 Å². The highest BCUT2D eigenvalue weighted by molar-refractivity contribution is 7.99. The van der Waals surface area contributed by atoms with Crippen LogP contribution >= 0.6 is 11.8 Å². The summed E-state index contributed by atoms with van der Waals surface area (Å²) in [5.74, 6) is -0.187. The van der Waals surface area contributed by atoms with Crippen molar-refractivity contribution in [1.29, 1.82) is 0 Å². The van der Waals surface area contributed by atoms with Crippen molar-refractivity contribution in [2.24, 2.45) is 0 Å². The molecule has 0 aromatic heterocycles. The summed E-state index contributed by atoms with van der Waals surface area (Å²) in [6, 6.07) is 30.2. The summed E-state index contributed by atoms with van der Waals surface area (Å²) in [6.07, 6.45) is 2.17. The van der Waals surface area contributed by atoms with Crippen LogP contribution in [0.4, 0.5) is 0 Å². The summed E-state index contributed by atoms with van der Waals surface area (Å²) >= 11 is 1.48. The predicted octanol–water partition coefficient (Wildman–Crippen LogP) is 5.19. The largest absolute Gasteiger partial charge is 0.497 e. The first-order valence-electron chi connectivity index (χ1n) is 17.9. The van der Waals surface area contributed by atoms with Gasteiger partial charge in [0.2, 0.25) is 17.7 Å². The zero-order valence-corrected chi connectivity index (χ0v) is 30.8. The van der Waals surface area contributed by atoms with Crippen molar-refractivity contribution in [3.63, 3.8) is 0 Å². The van der Waals surface area contributed by atoms with Crippen LogP contribution in [0, 0.1) is 0 Å². The van der Waals surface area contributed by atoms with E-state index in [4.69, 9.17) is 4.74 Å². The lowest BCUT2D eigenvalue weighted by Crippen LogP contribution is -2.56. The van der Waals surface area contributed by atoms with E-state index >= 15 is 0 Å².